The Bertz CT molecular complexity index is 125. The van der Waals surface area contributed by atoms with Gasteiger partial charge in [-0.2, -0.15) is 0 Å². The molecule has 2 aliphatic carbocycles. The molecule has 11 heavy (non-hydrogen) atoms. The lowest BCUT2D eigenvalue weighted by molar-refractivity contribution is 0.275. The summed E-state index contributed by atoms with van der Waals surface area (Å²) in [6.45, 7) is 0. The largest absolute Gasteiger partial charge is 0.313 e. The number of fused-ring (bicyclic) bond motifs is 2. The predicted molar refractivity (Wildman–Crippen MR) is 47.2 cm³/mol. The van der Waals surface area contributed by atoms with Crippen molar-refractivity contribution in [1.82, 2.24) is 0 Å². The number of hydrogen-bond donors (Lipinski definition) is 0. The average Bonchev–Trinajstić information content (AvgIpc) is 2.45. The number of carbonyl (C=O) groups excluding carboxylic acids is 1. The zero-order chi connectivity index (χ0) is 8.27. The van der Waals surface area contributed by atoms with E-state index >= 15 is 0 Å². The van der Waals surface area contributed by atoms with Crippen molar-refractivity contribution in [2.75, 3.05) is 0 Å². The first-order valence-electron chi connectivity index (χ1n) is 4.03. The maximum absolute atomic E-state index is 8.98. The molecule has 0 spiro atoms. The molecule has 3 heteroatoms. The molecule has 0 aromatic carbocycles. The molecule has 0 amide bonds. The highest BCUT2D eigenvalue weighted by atomic mass is 35.5. The van der Waals surface area contributed by atoms with Gasteiger partial charge in [-0.05, 0) is 41.5 Å². The molecule has 2 fully saturated rings. The third kappa shape index (κ3) is 3.44. The Morgan fingerprint density at radius 2 is 1.27 bits per heavy atom. The van der Waals surface area contributed by atoms with Crippen LogP contribution in [0.1, 0.15) is 32.1 Å². The molecule has 0 aromatic heterocycles. The van der Waals surface area contributed by atoms with Gasteiger partial charge >= 0.3 is 4.70 Å². The molecule has 0 radical (unpaired) electrons. The third-order valence-electron chi connectivity index (χ3n) is 2.63. The number of rotatable bonds is 0. The van der Waals surface area contributed by atoms with Crippen molar-refractivity contribution < 1.29 is 4.79 Å². The number of hydrogen-bond acceptors (Lipinski definition) is 1. The lowest BCUT2D eigenvalue weighted by atomic mass is 10.0. The molecule has 2 aliphatic rings. The summed E-state index contributed by atoms with van der Waals surface area (Å²) in [6, 6.07) is 0. The maximum atomic E-state index is 8.98. The van der Waals surface area contributed by atoms with Gasteiger partial charge in [-0.1, -0.05) is 25.7 Å². The molecule has 0 saturated heterocycles. The van der Waals surface area contributed by atoms with E-state index in [2.05, 4.69) is 23.2 Å². The Kier molecular flexibility index (Phi) is 3.67. The average molecular weight is 195 g/mol. The molecule has 2 rings (SSSR count). The standard InChI is InChI=1S/C7H12.CCl2O/c1-2-7-4-3-6(1)5-7;2-1(3)4/h6-7H,1-5H2;. The van der Waals surface area contributed by atoms with Crippen molar-refractivity contribution in [2.45, 2.75) is 32.1 Å². The highest BCUT2D eigenvalue weighted by molar-refractivity contribution is 6.93. The summed E-state index contributed by atoms with van der Waals surface area (Å²) in [5.74, 6) is 2.34. The van der Waals surface area contributed by atoms with E-state index in [9.17, 15) is 0 Å². The molecule has 0 atom stereocenters. The third-order valence-corrected chi connectivity index (χ3v) is 2.63. The van der Waals surface area contributed by atoms with Gasteiger partial charge in [0, 0.05) is 0 Å². The summed E-state index contributed by atoms with van der Waals surface area (Å²) < 4.78 is -0.889. The van der Waals surface area contributed by atoms with Gasteiger partial charge in [-0.15, -0.1) is 0 Å². The van der Waals surface area contributed by atoms with Crippen molar-refractivity contribution in [3.8, 4) is 0 Å². The van der Waals surface area contributed by atoms with Gasteiger partial charge in [-0.25, -0.2) is 0 Å². The van der Waals surface area contributed by atoms with Gasteiger partial charge < -0.3 is 0 Å². The Morgan fingerprint density at radius 3 is 1.36 bits per heavy atom. The number of halogens is 2. The SMILES string of the molecule is C1CC2CCC1C2.O=C(Cl)Cl. The minimum absolute atomic E-state index is 0.889. The lowest BCUT2D eigenvalue weighted by Crippen LogP contribution is -1.90. The topological polar surface area (TPSA) is 17.1 Å². The number of carbonyl (C=O) groups is 1. The summed E-state index contributed by atoms with van der Waals surface area (Å²) in [5.41, 5.74) is 0. The Hall–Kier alpha value is 0.250. The first-order chi connectivity index (χ1) is 5.18. The van der Waals surface area contributed by atoms with Gasteiger partial charge in [0.25, 0.3) is 0 Å². The van der Waals surface area contributed by atoms with Crippen molar-refractivity contribution in [3.63, 3.8) is 0 Å². The van der Waals surface area contributed by atoms with Crippen LogP contribution in [0.3, 0.4) is 0 Å². The monoisotopic (exact) mass is 194 g/mol. The van der Waals surface area contributed by atoms with Crippen LogP contribution in [0.5, 0.6) is 0 Å². The molecule has 0 N–H and O–H groups in total. The predicted octanol–water partition coefficient (Wildman–Crippen LogP) is 3.78. The van der Waals surface area contributed by atoms with E-state index in [1.54, 1.807) is 32.1 Å². The van der Waals surface area contributed by atoms with E-state index < -0.39 is 4.70 Å². The second-order valence-corrected chi connectivity index (χ2v) is 4.23. The van der Waals surface area contributed by atoms with Crippen LogP contribution in [0.15, 0.2) is 0 Å². The Labute approximate surface area is 77.1 Å². The molecule has 0 aliphatic heterocycles. The van der Waals surface area contributed by atoms with Crippen LogP contribution in [-0.4, -0.2) is 4.70 Å². The minimum atomic E-state index is -0.889. The van der Waals surface area contributed by atoms with Crippen LogP contribution < -0.4 is 0 Å². The Morgan fingerprint density at radius 1 is 1.00 bits per heavy atom. The molecule has 2 saturated carbocycles. The second kappa shape index (κ2) is 4.32. The van der Waals surface area contributed by atoms with Crippen LogP contribution in [0.25, 0.3) is 0 Å². The summed E-state index contributed by atoms with van der Waals surface area (Å²) in [4.78, 5) is 8.98. The van der Waals surface area contributed by atoms with Gasteiger partial charge in [0.1, 0.15) is 0 Å². The minimum Gasteiger partial charge on any atom is -0.262 e. The van der Waals surface area contributed by atoms with E-state index in [0.29, 0.717) is 0 Å². The van der Waals surface area contributed by atoms with Crippen LogP contribution in [0.4, 0.5) is 4.79 Å². The molecular weight excluding hydrogens is 183 g/mol. The van der Waals surface area contributed by atoms with Crippen LogP contribution in [0, 0.1) is 11.8 Å². The fourth-order valence-corrected chi connectivity index (χ4v) is 2.17. The van der Waals surface area contributed by atoms with Crippen LogP contribution in [0.2, 0.25) is 0 Å². The molecule has 0 heterocycles. The normalized spacial score (nSPS) is 32.9. The summed E-state index contributed by atoms with van der Waals surface area (Å²) >= 11 is 8.80. The van der Waals surface area contributed by atoms with Gasteiger partial charge in [0.05, 0.1) is 0 Å². The fraction of sp³-hybridized carbons (Fsp3) is 0.875. The summed E-state index contributed by atoms with van der Waals surface area (Å²) in [7, 11) is 0. The first-order valence-corrected chi connectivity index (χ1v) is 4.79. The van der Waals surface area contributed by atoms with E-state index in [1.807, 2.05) is 0 Å². The van der Waals surface area contributed by atoms with Gasteiger partial charge in [-0.3, -0.25) is 4.79 Å². The fourth-order valence-electron chi connectivity index (χ4n) is 2.17. The van der Waals surface area contributed by atoms with Crippen molar-refractivity contribution in [3.05, 3.63) is 0 Å². The molecular formula is C8H12Cl2O. The van der Waals surface area contributed by atoms with Crippen LogP contribution >= 0.6 is 23.2 Å². The maximum Gasteiger partial charge on any atom is 0.313 e. The summed E-state index contributed by atoms with van der Waals surface area (Å²) in [5, 5.41) is 0. The summed E-state index contributed by atoms with van der Waals surface area (Å²) in [6.07, 6.45) is 7.82. The smallest absolute Gasteiger partial charge is 0.262 e. The van der Waals surface area contributed by atoms with Crippen molar-refractivity contribution >= 4 is 27.9 Å². The highest BCUT2D eigenvalue weighted by Crippen LogP contribution is 2.43. The molecule has 1 nitrogen and oxygen atoms in total. The van der Waals surface area contributed by atoms with E-state index in [4.69, 9.17) is 4.79 Å². The van der Waals surface area contributed by atoms with Crippen LogP contribution in [-0.2, 0) is 0 Å². The quantitative estimate of drug-likeness (QED) is 0.537. The highest BCUT2D eigenvalue weighted by Gasteiger charge is 2.30. The molecule has 0 aromatic rings. The lowest BCUT2D eigenvalue weighted by Gasteiger charge is -2.05. The first kappa shape index (κ1) is 9.34. The molecule has 64 valence electrons. The van der Waals surface area contributed by atoms with Gasteiger partial charge in [0.15, 0.2) is 0 Å². The van der Waals surface area contributed by atoms with Crippen molar-refractivity contribution in [2.24, 2.45) is 11.8 Å². The van der Waals surface area contributed by atoms with E-state index in [0.717, 1.165) is 0 Å². The zero-order valence-electron chi connectivity index (χ0n) is 6.35. The van der Waals surface area contributed by atoms with Crippen molar-refractivity contribution in [1.29, 1.82) is 0 Å². The zero-order valence-corrected chi connectivity index (χ0v) is 7.87. The van der Waals surface area contributed by atoms with E-state index in [-0.39, 0.29) is 0 Å². The Balaban J connectivity index is 0.000000134. The molecule has 2 bridgehead atoms. The molecule has 0 unspecified atom stereocenters. The van der Waals surface area contributed by atoms with E-state index in [1.165, 1.54) is 11.8 Å². The van der Waals surface area contributed by atoms with Gasteiger partial charge in [0.2, 0.25) is 0 Å². The second-order valence-electron chi connectivity index (χ2n) is 3.35.